The molecule has 7 rings (SSSR count). The fourth-order valence-electron chi connectivity index (χ4n) is 7.19. The smallest absolute Gasteiger partial charge is 0.238 e. The topological polar surface area (TPSA) is 109 Å². The van der Waals surface area contributed by atoms with Crippen LogP contribution in [0.25, 0.3) is 6.08 Å². The summed E-state index contributed by atoms with van der Waals surface area (Å²) in [6, 6.07) is 28.8. The predicted octanol–water partition coefficient (Wildman–Crippen LogP) is 5.58. The molecule has 44 heavy (non-hydrogen) atoms. The number of anilines is 1. The first-order valence-electron chi connectivity index (χ1n) is 14.3. The lowest BCUT2D eigenvalue weighted by atomic mass is 9.62. The van der Waals surface area contributed by atoms with Gasteiger partial charge >= 0.3 is 0 Å². The summed E-state index contributed by atoms with van der Waals surface area (Å²) in [5, 5.41) is 12.2. The van der Waals surface area contributed by atoms with Gasteiger partial charge in [-0.25, -0.2) is 0 Å². The second-order valence-corrected chi connectivity index (χ2v) is 11.0. The van der Waals surface area contributed by atoms with Gasteiger partial charge in [-0.05, 0) is 53.1 Å². The summed E-state index contributed by atoms with van der Waals surface area (Å²) in [5.41, 5.74) is 2.12. The average Bonchev–Trinajstić information content (AvgIpc) is 3.55. The fraction of sp³-hybridized carbons (Fsp3) is 0.167. The van der Waals surface area contributed by atoms with E-state index in [-0.39, 0.29) is 35.4 Å². The van der Waals surface area contributed by atoms with Crippen LogP contribution >= 0.6 is 0 Å². The molecule has 0 aromatic heterocycles. The Morgan fingerprint density at radius 1 is 0.955 bits per heavy atom. The Bertz CT molecular complexity index is 1910. The highest BCUT2D eigenvalue weighted by Gasteiger charge is 2.70. The Kier molecular flexibility index (Phi) is 6.51. The van der Waals surface area contributed by atoms with Crippen LogP contribution in [0.5, 0.6) is 11.5 Å². The van der Waals surface area contributed by atoms with Crippen LogP contribution in [-0.4, -0.2) is 42.1 Å². The van der Waals surface area contributed by atoms with Gasteiger partial charge in [0.05, 0.1) is 24.6 Å². The molecule has 216 valence electrons. The van der Waals surface area contributed by atoms with E-state index >= 15 is 0 Å². The number of hydrogen-bond acceptors (Lipinski definition) is 7. The lowest BCUT2D eigenvalue weighted by molar-refractivity contribution is -0.122. The number of ketones is 2. The van der Waals surface area contributed by atoms with Crippen molar-refractivity contribution in [1.29, 1.82) is 5.26 Å². The van der Waals surface area contributed by atoms with Crippen LogP contribution in [0.4, 0.5) is 5.69 Å². The first-order valence-corrected chi connectivity index (χ1v) is 14.3. The summed E-state index contributed by atoms with van der Waals surface area (Å²) in [6.07, 6.45) is 3.73. The van der Waals surface area contributed by atoms with Crippen LogP contribution in [0, 0.1) is 17.2 Å². The fourth-order valence-corrected chi connectivity index (χ4v) is 7.19. The molecule has 4 aromatic carbocycles. The number of benzene rings is 4. The molecular formula is C36H27N3O5. The highest BCUT2D eigenvalue weighted by molar-refractivity contribution is 6.17. The Labute approximate surface area is 254 Å². The van der Waals surface area contributed by atoms with E-state index in [4.69, 9.17) is 9.47 Å². The van der Waals surface area contributed by atoms with Gasteiger partial charge in [-0.15, -0.1) is 0 Å². The minimum atomic E-state index is -1.46. The standard InChI is InChI=1S/C36H27N3O5/c1-43-24-11-8-10-23(21-24)32(40)30-31(33(41)26-13-4-7-16-29(26)44-20-18-37)39-19-17-22-9-2-3-12-25(22)34(39)36(30)27-14-5-6-15-28(27)38-35(36)42/h2-17,19,21,30-31,34H,20H2,1H3,(H,38,42)/t30-,31+,34+,36+/m0/s1. The molecule has 1 fully saturated rings. The third-order valence-electron chi connectivity index (χ3n) is 8.92. The molecule has 0 aliphatic carbocycles. The molecule has 1 amide bonds. The van der Waals surface area contributed by atoms with Crippen LogP contribution in [0.1, 0.15) is 43.4 Å². The van der Waals surface area contributed by atoms with Crippen molar-refractivity contribution >= 4 is 29.2 Å². The Morgan fingerprint density at radius 3 is 2.57 bits per heavy atom. The number of nitrogens with one attached hydrogen (secondary N) is 1. The zero-order valence-corrected chi connectivity index (χ0v) is 23.8. The highest BCUT2D eigenvalue weighted by Crippen LogP contribution is 2.62. The number of nitrogens with zero attached hydrogens (tertiary/aromatic N) is 2. The van der Waals surface area contributed by atoms with Crippen molar-refractivity contribution in [3.05, 3.63) is 131 Å². The molecular weight excluding hydrogens is 554 g/mol. The van der Waals surface area contributed by atoms with Gasteiger partial charge in [-0.2, -0.15) is 5.26 Å². The van der Waals surface area contributed by atoms with Crippen LogP contribution in [0.15, 0.2) is 103 Å². The number of rotatable bonds is 7. The number of carbonyl (C=O) groups is 3. The van der Waals surface area contributed by atoms with E-state index in [1.807, 2.05) is 71.8 Å². The zero-order chi connectivity index (χ0) is 30.4. The number of nitriles is 1. The quantitative estimate of drug-likeness (QED) is 0.284. The van der Waals surface area contributed by atoms with E-state index in [0.29, 0.717) is 22.6 Å². The predicted molar refractivity (Wildman–Crippen MR) is 163 cm³/mol. The molecule has 0 unspecified atom stereocenters. The zero-order valence-electron chi connectivity index (χ0n) is 23.8. The summed E-state index contributed by atoms with van der Waals surface area (Å²) in [6.45, 7) is -0.250. The summed E-state index contributed by atoms with van der Waals surface area (Å²) in [5.74, 6) is -1.50. The number of para-hydroxylation sites is 2. The number of methoxy groups -OCH3 is 1. The van der Waals surface area contributed by atoms with Crippen molar-refractivity contribution < 1.29 is 23.9 Å². The average molecular weight is 582 g/mol. The number of ether oxygens (including phenoxy) is 2. The summed E-state index contributed by atoms with van der Waals surface area (Å²) >= 11 is 0. The van der Waals surface area contributed by atoms with Crippen LogP contribution in [-0.2, 0) is 10.2 Å². The van der Waals surface area contributed by atoms with Crippen molar-refractivity contribution in [3.63, 3.8) is 0 Å². The van der Waals surface area contributed by atoms with E-state index in [9.17, 15) is 19.6 Å². The van der Waals surface area contributed by atoms with Gasteiger partial charge in [0.2, 0.25) is 5.91 Å². The molecule has 8 heteroatoms. The van der Waals surface area contributed by atoms with Gasteiger partial charge in [0.25, 0.3) is 0 Å². The molecule has 0 bridgehead atoms. The number of hydrogen-bond donors (Lipinski definition) is 1. The monoisotopic (exact) mass is 581 g/mol. The van der Waals surface area contributed by atoms with Gasteiger partial charge in [0.1, 0.15) is 29.0 Å². The van der Waals surface area contributed by atoms with Crippen molar-refractivity contribution in [2.75, 3.05) is 19.0 Å². The molecule has 1 saturated heterocycles. The van der Waals surface area contributed by atoms with Crippen molar-refractivity contribution in [2.45, 2.75) is 17.5 Å². The maximum atomic E-state index is 15.0. The van der Waals surface area contributed by atoms with Gasteiger partial charge in [0, 0.05) is 17.5 Å². The molecule has 8 nitrogen and oxygen atoms in total. The molecule has 0 radical (unpaired) electrons. The molecule has 3 heterocycles. The second kappa shape index (κ2) is 10.5. The normalized spacial score (nSPS) is 22.4. The molecule has 0 saturated carbocycles. The molecule has 4 atom stereocenters. The Balaban J connectivity index is 1.52. The van der Waals surface area contributed by atoms with Gasteiger partial charge in [-0.1, -0.05) is 66.7 Å². The Morgan fingerprint density at radius 2 is 1.73 bits per heavy atom. The lowest BCUT2D eigenvalue weighted by Crippen LogP contribution is -2.49. The summed E-state index contributed by atoms with van der Waals surface area (Å²) in [4.78, 5) is 46.3. The highest BCUT2D eigenvalue weighted by atomic mass is 16.5. The largest absolute Gasteiger partial charge is 0.497 e. The first kappa shape index (κ1) is 27.2. The molecule has 1 N–H and O–H groups in total. The summed E-state index contributed by atoms with van der Waals surface area (Å²) < 4.78 is 11.1. The van der Waals surface area contributed by atoms with Crippen LogP contribution < -0.4 is 14.8 Å². The van der Waals surface area contributed by atoms with Crippen molar-refractivity contribution in [2.24, 2.45) is 5.92 Å². The van der Waals surface area contributed by atoms with E-state index in [0.717, 1.165) is 11.1 Å². The molecule has 4 aromatic rings. The number of carbonyl (C=O) groups excluding carboxylic acids is 3. The van der Waals surface area contributed by atoms with E-state index in [2.05, 4.69) is 5.32 Å². The van der Waals surface area contributed by atoms with Crippen LogP contribution in [0.3, 0.4) is 0 Å². The maximum absolute atomic E-state index is 15.0. The summed E-state index contributed by atoms with van der Waals surface area (Å²) in [7, 11) is 1.52. The van der Waals surface area contributed by atoms with Gasteiger partial charge in [0.15, 0.2) is 18.2 Å². The van der Waals surface area contributed by atoms with Crippen LogP contribution in [0.2, 0.25) is 0 Å². The SMILES string of the molecule is COc1cccc(C(=O)[C@@H]2[C@H](C(=O)c3ccccc3OCC#N)N3C=Cc4ccccc4[C@@H]3[C@]23C(=O)Nc2ccccc23)c1. The third-order valence-corrected chi connectivity index (χ3v) is 8.92. The van der Waals surface area contributed by atoms with E-state index < -0.39 is 23.4 Å². The molecule has 3 aliphatic heterocycles. The van der Waals surface area contributed by atoms with Gasteiger partial charge < -0.3 is 19.7 Å². The van der Waals surface area contributed by atoms with Crippen molar-refractivity contribution in [1.82, 2.24) is 4.90 Å². The number of amides is 1. The van der Waals surface area contributed by atoms with Gasteiger partial charge in [-0.3, -0.25) is 14.4 Å². The number of fused-ring (bicyclic) bond motifs is 6. The van der Waals surface area contributed by atoms with E-state index in [1.165, 1.54) is 7.11 Å². The number of Topliss-reactive ketones (excluding diaryl/α,β-unsaturated/α-hetero) is 2. The second-order valence-electron chi connectivity index (χ2n) is 11.0. The lowest BCUT2D eigenvalue weighted by Gasteiger charge is -2.38. The molecule has 1 spiro atoms. The minimum absolute atomic E-state index is 0.228. The maximum Gasteiger partial charge on any atom is 0.238 e. The van der Waals surface area contributed by atoms with E-state index in [1.54, 1.807) is 48.5 Å². The first-order chi connectivity index (χ1) is 21.5. The third kappa shape index (κ3) is 3.86. The Hall–Kier alpha value is -5.68. The molecule has 3 aliphatic rings. The minimum Gasteiger partial charge on any atom is -0.497 e. The van der Waals surface area contributed by atoms with Crippen molar-refractivity contribution in [3.8, 4) is 17.6 Å².